The fourth-order valence-electron chi connectivity index (χ4n) is 4.28. The molecule has 0 radical (unpaired) electrons. The molecule has 1 atom stereocenters. The number of aryl methyl sites for hydroxylation is 3. The number of rotatable bonds is 6. The standard InChI is InChI=1S/C23H30N2O3S/c1-18-6-8-20(9-7-18)23(25-12-14-28-15-13-25)17-24-29(26,27)22-11-10-19-4-2-3-5-21(19)16-22/h6-11,16,23-24H,2-5,12-15,17H2,1H3. The molecule has 1 saturated heterocycles. The van der Waals surface area contributed by atoms with E-state index >= 15 is 0 Å². The molecule has 5 nitrogen and oxygen atoms in total. The first kappa shape index (κ1) is 20.5. The zero-order valence-corrected chi connectivity index (χ0v) is 17.9. The Labute approximate surface area is 174 Å². The van der Waals surface area contributed by atoms with Crippen molar-refractivity contribution in [2.75, 3.05) is 32.8 Å². The summed E-state index contributed by atoms with van der Waals surface area (Å²) in [5.74, 6) is 0. The van der Waals surface area contributed by atoms with Crippen molar-refractivity contribution < 1.29 is 13.2 Å². The maximum atomic E-state index is 13.0. The smallest absolute Gasteiger partial charge is 0.240 e. The number of hydrogen-bond donors (Lipinski definition) is 1. The summed E-state index contributed by atoms with van der Waals surface area (Å²) in [5.41, 5.74) is 4.80. The molecule has 1 aliphatic heterocycles. The van der Waals surface area contributed by atoms with Crippen molar-refractivity contribution in [3.8, 4) is 0 Å². The maximum absolute atomic E-state index is 13.0. The van der Waals surface area contributed by atoms with Gasteiger partial charge in [0.25, 0.3) is 0 Å². The Bertz CT molecular complexity index is 935. The second-order valence-electron chi connectivity index (χ2n) is 8.06. The highest BCUT2D eigenvalue weighted by Crippen LogP contribution is 2.25. The summed E-state index contributed by atoms with van der Waals surface area (Å²) in [6.45, 7) is 5.38. The van der Waals surface area contributed by atoms with Crippen LogP contribution in [0, 0.1) is 6.92 Å². The van der Waals surface area contributed by atoms with Crippen LogP contribution in [0.2, 0.25) is 0 Å². The molecule has 0 aromatic heterocycles. The van der Waals surface area contributed by atoms with E-state index < -0.39 is 10.0 Å². The second kappa shape index (κ2) is 8.96. The predicted octanol–water partition coefficient (Wildman–Crippen LogP) is 3.23. The minimum absolute atomic E-state index is 0.00750. The number of nitrogens with zero attached hydrogens (tertiary/aromatic N) is 1. The van der Waals surface area contributed by atoms with Crippen molar-refractivity contribution in [2.45, 2.75) is 43.5 Å². The Kier molecular flexibility index (Phi) is 6.35. The third-order valence-electron chi connectivity index (χ3n) is 6.05. The number of morpholine rings is 1. The average molecular weight is 415 g/mol. The summed E-state index contributed by atoms with van der Waals surface area (Å²) in [7, 11) is -3.55. The molecule has 1 heterocycles. The SMILES string of the molecule is Cc1ccc(C(CNS(=O)(=O)c2ccc3c(c2)CCCC3)N2CCOCC2)cc1. The van der Waals surface area contributed by atoms with Gasteiger partial charge in [-0.2, -0.15) is 0 Å². The lowest BCUT2D eigenvalue weighted by atomic mass is 9.92. The topological polar surface area (TPSA) is 58.6 Å². The molecule has 1 fully saturated rings. The molecule has 29 heavy (non-hydrogen) atoms. The van der Waals surface area contributed by atoms with E-state index in [4.69, 9.17) is 4.74 Å². The third kappa shape index (κ3) is 4.89. The van der Waals surface area contributed by atoms with Crippen LogP contribution >= 0.6 is 0 Å². The molecule has 0 saturated carbocycles. The Morgan fingerprint density at radius 2 is 1.69 bits per heavy atom. The van der Waals surface area contributed by atoms with E-state index in [0.29, 0.717) is 24.7 Å². The quantitative estimate of drug-likeness (QED) is 0.789. The highest BCUT2D eigenvalue weighted by Gasteiger charge is 2.25. The van der Waals surface area contributed by atoms with Gasteiger partial charge in [-0.05, 0) is 61.4 Å². The molecular weight excluding hydrogens is 384 g/mol. The molecule has 2 aromatic rings. The van der Waals surface area contributed by atoms with Gasteiger partial charge in [0.15, 0.2) is 0 Å². The van der Waals surface area contributed by atoms with Crippen LogP contribution in [-0.2, 0) is 27.6 Å². The molecule has 4 rings (SSSR count). The molecule has 1 unspecified atom stereocenters. The van der Waals surface area contributed by atoms with Gasteiger partial charge in [-0.15, -0.1) is 0 Å². The van der Waals surface area contributed by atoms with Crippen LogP contribution in [0.25, 0.3) is 0 Å². The number of fused-ring (bicyclic) bond motifs is 1. The molecule has 6 heteroatoms. The fourth-order valence-corrected chi connectivity index (χ4v) is 5.37. The summed E-state index contributed by atoms with van der Waals surface area (Å²) in [6, 6.07) is 14.0. The van der Waals surface area contributed by atoms with E-state index in [9.17, 15) is 8.42 Å². The summed E-state index contributed by atoms with van der Waals surface area (Å²) in [4.78, 5) is 2.69. The Morgan fingerprint density at radius 1 is 1.00 bits per heavy atom. The largest absolute Gasteiger partial charge is 0.379 e. The molecular formula is C23H30N2O3S. The van der Waals surface area contributed by atoms with E-state index in [1.54, 1.807) is 6.07 Å². The van der Waals surface area contributed by atoms with Gasteiger partial charge in [0.05, 0.1) is 18.1 Å². The summed E-state index contributed by atoms with van der Waals surface area (Å²) in [5, 5.41) is 0. The van der Waals surface area contributed by atoms with Crippen LogP contribution in [-0.4, -0.2) is 46.2 Å². The van der Waals surface area contributed by atoms with Gasteiger partial charge in [-0.1, -0.05) is 35.9 Å². The fraction of sp³-hybridized carbons (Fsp3) is 0.478. The van der Waals surface area contributed by atoms with Gasteiger partial charge in [0, 0.05) is 25.7 Å². The van der Waals surface area contributed by atoms with Crippen molar-refractivity contribution in [3.63, 3.8) is 0 Å². The molecule has 2 aliphatic rings. The van der Waals surface area contributed by atoms with Crippen molar-refractivity contribution in [3.05, 3.63) is 64.7 Å². The Morgan fingerprint density at radius 3 is 2.41 bits per heavy atom. The molecule has 1 N–H and O–H groups in total. The van der Waals surface area contributed by atoms with E-state index in [-0.39, 0.29) is 6.04 Å². The summed E-state index contributed by atoms with van der Waals surface area (Å²) in [6.07, 6.45) is 4.35. The van der Waals surface area contributed by atoms with Gasteiger partial charge in [-0.25, -0.2) is 13.1 Å². The van der Waals surface area contributed by atoms with Gasteiger partial charge in [-0.3, -0.25) is 4.90 Å². The third-order valence-corrected chi connectivity index (χ3v) is 7.47. The Hall–Kier alpha value is -1.73. The monoisotopic (exact) mass is 414 g/mol. The van der Waals surface area contributed by atoms with E-state index in [0.717, 1.165) is 37.9 Å². The van der Waals surface area contributed by atoms with Crippen LogP contribution in [0.1, 0.15) is 41.1 Å². The molecule has 0 bridgehead atoms. The zero-order valence-electron chi connectivity index (χ0n) is 17.1. The van der Waals surface area contributed by atoms with Gasteiger partial charge < -0.3 is 4.74 Å². The van der Waals surface area contributed by atoms with E-state index in [2.05, 4.69) is 40.8 Å². The van der Waals surface area contributed by atoms with E-state index in [1.807, 2.05) is 12.1 Å². The van der Waals surface area contributed by atoms with Crippen LogP contribution in [0.4, 0.5) is 0 Å². The zero-order chi connectivity index (χ0) is 20.3. The average Bonchev–Trinajstić information content (AvgIpc) is 2.75. The van der Waals surface area contributed by atoms with Crippen LogP contribution in [0.15, 0.2) is 47.4 Å². The lowest BCUT2D eigenvalue weighted by molar-refractivity contribution is 0.0172. The minimum Gasteiger partial charge on any atom is -0.379 e. The first-order valence-corrected chi connectivity index (χ1v) is 12.0. The van der Waals surface area contributed by atoms with E-state index in [1.165, 1.54) is 23.1 Å². The van der Waals surface area contributed by atoms with Crippen LogP contribution < -0.4 is 4.72 Å². The lowest BCUT2D eigenvalue weighted by Gasteiger charge is -2.35. The molecule has 156 valence electrons. The number of sulfonamides is 1. The van der Waals surface area contributed by atoms with Gasteiger partial charge in [0.1, 0.15) is 0 Å². The summed E-state index contributed by atoms with van der Waals surface area (Å²) >= 11 is 0. The van der Waals surface area contributed by atoms with Crippen molar-refractivity contribution in [2.24, 2.45) is 0 Å². The lowest BCUT2D eigenvalue weighted by Crippen LogP contribution is -2.43. The maximum Gasteiger partial charge on any atom is 0.240 e. The highest BCUT2D eigenvalue weighted by atomic mass is 32.2. The van der Waals surface area contributed by atoms with Crippen LogP contribution in [0.3, 0.4) is 0 Å². The van der Waals surface area contributed by atoms with Crippen molar-refractivity contribution >= 4 is 10.0 Å². The van der Waals surface area contributed by atoms with Gasteiger partial charge >= 0.3 is 0 Å². The first-order chi connectivity index (χ1) is 14.0. The molecule has 1 aliphatic carbocycles. The number of ether oxygens (including phenoxy) is 1. The minimum atomic E-state index is -3.55. The highest BCUT2D eigenvalue weighted by molar-refractivity contribution is 7.89. The normalized spacial score (nSPS) is 18.9. The van der Waals surface area contributed by atoms with Gasteiger partial charge in [0.2, 0.25) is 10.0 Å². The van der Waals surface area contributed by atoms with Crippen molar-refractivity contribution in [1.29, 1.82) is 0 Å². The number of benzene rings is 2. The van der Waals surface area contributed by atoms with Crippen LogP contribution in [0.5, 0.6) is 0 Å². The van der Waals surface area contributed by atoms with Crippen molar-refractivity contribution in [1.82, 2.24) is 9.62 Å². The number of nitrogens with one attached hydrogen (secondary N) is 1. The predicted molar refractivity (Wildman–Crippen MR) is 115 cm³/mol. The summed E-state index contributed by atoms with van der Waals surface area (Å²) < 4.78 is 34.4. The molecule has 0 spiro atoms. The number of hydrogen-bond acceptors (Lipinski definition) is 4. The molecule has 0 amide bonds. The first-order valence-electron chi connectivity index (χ1n) is 10.5. The second-order valence-corrected chi connectivity index (χ2v) is 9.83. The Balaban J connectivity index is 1.53. The molecule has 2 aromatic carbocycles.